The Labute approximate surface area is 168 Å². The highest BCUT2D eigenvalue weighted by Crippen LogP contribution is 2.31. The normalized spacial score (nSPS) is 16.0. The summed E-state index contributed by atoms with van der Waals surface area (Å²) in [4.78, 5) is 24.7. The van der Waals surface area contributed by atoms with Gasteiger partial charge in [-0.3, -0.25) is 9.59 Å². The Morgan fingerprint density at radius 3 is 2.50 bits per heavy atom. The molecule has 158 valence electrons. The number of ether oxygens (including phenoxy) is 1. The van der Waals surface area contributed by atoms with Gasteiger partial charge in [-0.1, -0.05) is 12.1 Å². The summed E-state index contributed by atoms with van der Waals surface area (Å²) >= 11 is 0. The molecule has 6 nitrogen and oxygen atoms in total. The van der Waals surface area contributed by atoms with Crippen LogP contribution in [0.2, 0.25) is 0 Å². The average Bonchev–Trinajstić information content (AvgIpc) is 2.61. The molecule has 1 saturated heterocycles. The molecular weight excluding hydrogens is 399 g/mol. The highest BCUT2D eigenvalue weighted by atomic mass is 35.5. The van der Waals surface area contributed by atoms with Crippen LogP contribution in [0.5, 0.6) is 0 Å². The van der Waals surface area contributed by atoms with Crippen molar-refractivity contribution in [2.24, 2.45) is 5.41 Å². The van der Waals surface area contributed by atoms with Gasteiger partial charge in [-0.05, 0) is 43.6 Å². The van der Waals surface area contributed by atoms with Crippen molar-refractivity contribution in [2.45, 2.75) is 25.6 Å². The fourth-order valence-electron chi connectivity index (χ4n) is 3.19. The highest BCUT2D eigenvalue weighted by molar-refractivity contribution is 5.95. The molecule has 28 heavy (non-hydrogen) atoms. The first kappa shape index (κ1) is 24.2. The maximum Gasteiger partial charge on any atom is 0.471 e. The molecule has 2 amide bonds. The number of benzene rings is 1. The van der Waals surface area contributed by atoms with E-state index in [-0.39, 0.29) is 24.9 Å². The summed E-state index contributed by atoms with van der Waals surface area (Å²) in [5.41, 5.74) is 0.317. The molecule has 0 spiro atoms. The van der Waals surface area contributed by atoms with Gasteiger partial charge in [-0.15, -0.1) is 12.4 Å². The van der Waals surface area contributed by atoms with Gasteiger partial charge in [0.25, 0.3) is 0 Å². The van der Waals surface area contributed by atoms with E-state index in [0.717, 1.165) is 7.05 Å². The van der Waals surface area contributed by atoms with E-state index < -0.39 is 17.5 Å². The molecule has 0 radical (unpaired) electrons. The molecule has 1 aliphatic heterocycles. The minimum absolute atomic E-state index is 0. The molecule has 1 heterocycles. The molecule has 0 aromatic heterocycles. The Bertz CT molecular complexity index is 674. The van der Waals surface area contributed by atoms with Gasteiger partial charge in [0.2, 0.25) is 5.91 Å². The third kappa shape index (κ3) is 6.08. The summed E-state index contributed by atoms with van der Waals surface area (Å²) in [6.07, 6.45) is -3.65. The second kappa shape index (κ2) is 10.1. The fraction of sp³-hybridized carbons (Fsp3) is 0.556. The molecule has 10 heteroatoms. The first-order valence-corrected chi connectivity index (χ1v) is 8.60. The van der Waals surface area contributed by atoms with Crippen LogP contribution in [0.3, 0.4) is 0 Å². The van der Waals surface area contributed by atoms with E-state index in [1.807, 2.05) is 0 Å². The van der Waals surface area contributed by atoms with Gasteiger partial charge >= 0.3 is 12.1 Å². The lowest BCUT2D eigenvalue weighted by Crippen LogP contribution is -2.47. The molecule has 0 bridgehead atoms. The average molecular weight is 424 g/mol. The quantitative estimate of drug-likeness (QED) is 0.737. The topological polar surface area (TPSA) is 70.7 Å². The number of halogens is 4. The number of amides is 2. The smallest absolute Gasteiger partial charge is 0.384 e. The second-order valence-corrected chi connectivity index (χ2v) is 6.78. The van der Waals surface area contributed by atoms with Crippen molar-refractivity contribution in [3.8, 4) is 0 Å². The molecule has 1 aliphatic rings. The molecule has 0 atom stereocenters. The van der Waals surface area contributed by atoms with Gasteiger partial charge < -0.3 is 20.3 Å². The van der Waals surface area contributed by atoms with Gasteiger partial charge in [0.05, 0.1) is 12.0 Å². The summed E-state index contributed by atoms with van der Waals surface area (Å²) in [5, 5.41) is 6.04. The summed E-state index contributed by atoms with van der Waals surface area (Å²) in [6, 6.07) is 6.46. The third-order valence-corrected chi connectivity index (χ3v) is 4.66. The Morgan fingerprint density at radius 2 is 1.93 bits per heavy atom. The largest absolute Gasteiger partial charge is 0.471 e. The molecule has 2 rings (SSSR count). The molecule has 1 fully saturated rings. The van der Waals surface area contributed by atoms with Gasteiger partial charge in [-0.25, -0.2) is 0 Å². The zero-order valence-electron chi connectivity index (χ0n) is 15.8. The highest BCUT2D eigenvalue weighted by Gasteiger charge is 2.41. The number of hydrogen-bond acceptors (Lipinski definition) is 4. The number of methoxy groups -OCH3 is 1. The van der Waals surface area contributed by atoms with Crippen molar-refractivity contribution >= 4 is 29.9 Å². The van der Waals surface area contributed by atoms with Crippen molar-refractivity contribution < 1.29 is 27.5 Å². The first-order chi connectivity index (χ1) is 12.7. The van der Waals surface area contributed by atoms with Crippen molar-refractivity contribution in [3.63, 3.8) is 0 Å². The minimum atomic E-state index is -4.91. The number of nitrogens with zero attached hydrogens (tertiary/aromatic N) is 1. The number of alkyl halides is 3. The van der Waals surface area contributed by atoms with Crippen LogP contribution in [0.25, 0.3) is 0 Å². The third-order valence-electron chi connectivity index (χ3n) is 4.66. The van der Waals surface area contributed by atoms with E-state index in [1.165, 1.54) is 0 Å². The second-order valence-electron chi connectivity index (χ2n) is 6.78. The SMILES string of the molecule is COCC1(C(=O)Nc2cccc(CN(C)C(=O)C(F)(F)F)c2)CCNCC1.Cl. The van der Waals surface area contributed by atoms with E-state index in [0.29, 0.717) is 48.7 Å². The lowest BCUT2D eigenvalue weighted by Gasteiger charge is -2.35. The van der Waals surface area contributed by atoms with E-state index in [9.17, 15) is 22.8 Å². The van der Waals surface area contributed by atoms with Crippen molar-refractivity contribution in [1.82, 2.24) is 10.2 Å². The number of nitrogens with one attached hydrogen (secondary N) is 2. The van der Waals surface area contributed by atoms with Gasteiger partial charge in [0.15, 0.2) is 0 Å². The number of rotatable bonds is 6. The van der Waals surface area contributed by atoms with Crippen LogP contribution in [-0.4, -0.2) is 56.7 Å². The number of anilines is 1. The van der Waals surface area contributed by atoms with Crippen LogP contribution in [0, 0.1) is 5.41 Å². The Hall–Kier alpha value is -1.84. The zero-order chi connectivity index (χ0) is 20.1. The summed E-state index contributed by atoms with van der Waals surface area (Å²) in [5.74, 6) is -2.09. The Balaban J connectivity index is 0.00000392. The number of carbonyl (C=O) groups excluding carboxylic acids is 2. The molecule has 1 aromatic carbocycles. The van der Waals surface area contributed by atoms with Crippen LogP contribution in [0.1, 0.15) is 18.4 Å². The van der Waals surface area contributed by atoms with Crippen molar-refractivity contribution in [3.05, 3.63) is 29.8 Å². The monoisotopic (exact) mass is 423 g/mol. The van der Waals surface area contributed by atoms with Crippen LogP contribution < -0.4 is 10.6 Å². The maximum atomic E-state index is 12.8. The minimum Gasteiger partial charge on any atom is -0.384 e. The summed E-state index contributed by atoms with van der Waals surface area (Å²) in [6.45, 7) is 1.50. The van der Waals surface area contributed by atoms with E-state index >= 15 is 0 Å². The van der Waals surface area contributed by atoms with Gasteiger partial charge in [0.1, 0.15) is 0 Å². The summed E-state index contributed by atoms with van der Waals surface area (Å²) < 4.78 is 42.8. The van der Waals surface area contributed by atoms with Gasteiger partial charge in [-0.2, -0.15) is 13.2 Å². The van der Waals surface area contributed by atoms with Crippen LogP contribution in [-0.2, 0) is 20.9 Å². The number of hydrogen-bond donors (Lipinski definition) is 2. The van der Waals surface area contributed by atoms with Crippen LogP contribution in [0.15, 0.2) is 24.3 Å². The lowest BCUT2D eigenvalue weighted by atomic mass is 9.78. The van der Waals surface area contributed by atoms with Gasteiger partial charge in [0, 0.05) is 26.4 Å². The van der Waals surface area contributed by atoms with Crippen molar-refractivity contribution in [1.29, 1.82) is 0 Å². The van der Waals surface area contributed by atoms with Crippen LogP contribution in [0.4, 0.5) is 18.9 Å². The van der Waals surface area contributed by atoms with E-state index in [1.54, 1.807) is 31.4 Å². The number of carbonyl (C=O) groups is 2. The predicted molar refractivity (Wildman–Crippen MR) is 101 cm³/mol. The maximum absolute atomic E-state index is 12.8. The van der Waals surface area contributed by atoms with Crippen molar-refractivity contribution in [2.75, 3.05) is 39.2 Å². The molecule has 1 aromatic rings. The molecule has 0 aliphatic carbocycles. The van der Waals surface area contributed by atoms with Crippen LogP contribution >= 0.6 is 12.4 Å². The Kier molecular flexibility index (Phi) is 8.72. The standard InChI is InChI=1S/C18H24F3N3O3.ClH/c1-24(16(26)18(19,20)21)11-13-4-3-5-14(10-13)23-15(25)17(12-27-2)6-8-22-9-7-17;/h3-5,10,22H,6-9,11-12H2,1-2H3,(H,23,25);1H. The first-order valence-electron chi connectivity index (χ1n) is 8.60. The zero-order valence-corrected chi connectivity index (χ0v) is 16.6. The predicted octanol–water partition coefficient (Wildman–Crippen LogP) is 2.58. The molecule has 0 saturated carbocycles. The number of piperidine rings is 1. The van der Waals surface area contributed by atoms with E-state index in [2.05, 4.69) is 10.6 Å². The molecule has 2 N–H and O–H groups in total. The molecular formula is C18H25ClF3N3O3. The molecule has 0 unspecified atom stereocenters. The Morgan fingerprint density at radius 1 is 1.29 bits per heavy atom. The summed E-state index contributed by atoms with van der Waals surface area (Å²) in [7, 11) is 2.63. The van der Waals surface area contributed by atoms with E-state index in [4.69, 9.17) is 4.74 Å². The lowest BCUT2D eigenvalue weighted by molar-refractivity contribution is -0.184. The fourth-order valence-corrected chi connectivity index (χ4v) is 3.19.